The van der Waals surface area contributed by atoms with Crippen LogP contribution in [0.25, 0.3) is 22.2 Å². The van der Waals surface area contributed by atoms with Gasteiger partial charge in [-0.15, -0.1) is 0 Å². The fourth-order valence-electron chi connectivity index (χ4n) is 5.19. The zero-order valence-electron chi connectivity index (χ0n) is 19.6. The van der Waals surface area contributed by atoms with E-state index in [-0.39, 0.29) is 18.4 Å². The van der Waals surface area contributed by atoms with Gasteiger partial charge in [0.15, 0.2) is 18.1 Å². The molecule has 3 aromatic rings. The van der Waals surface area contributed by atoms with E-state index in [2.05, 4.69) is 24.1 Å². The predicted molar refractivity (Wildman–Crippen MR) is 128 cm³/mol. The van der Waals surface area contributed by atoms with Crippen LogP contribution in [0.2, 0.25) is 0 Å². The maximum Gasteiger partial charge on any atom is 0.260 e. The average molecular weight is 450 g/mol. The van der Waals surface area contributed by atoms with E-state index < -0.39 is 0 Å². The van der Waals surface area contributed by atoms with Gasteiger partial charge in [-0.05, 0) is 54.3 Å². The average Bonchev–Trinajstić information content (AvgIpc) is 3.55. The van der Waals surface area contributed by atoms with Gasteiger partial charge in [-0.2, -0.15) is 0 Å². The Kier molecular flexibility index (Phi) is 5.66. The Morgan fingerprint density at radius 3 is 2.61 bits per heavy atom. The van der Waals surface area contributed by atoms with Crippen molar-refractivity contribution >= 4 is 16.8 Å². The maximum atomic E-state index is 12.7. The molecule has 2 atom stereocenters. The molecule has 5 rings (SSSR count). The number of amides is 1. The summed E-state index contributed by atoms with van der Waals surface area (Å²) in [5, 5.41) is 4.53. The number of aromatic nitrogens is 1. The number of rotatable bonds is 7. The van der Waals surface area contributed by atoms with E-state index in [0.29, 0.717) is 29.3 Å². The van der Waals surface area contributed by atoms with Crippen molar-refractivity contribution in [3.63, 3.8) is 0 Å². The number of H-pyrrole nitrogens is 1. The molecule has 33 heavy (non-hydrogen) atoms. The molecule has 0 radical (unpaired) electrons. The predicted octanol–water partition coefficient (Wildman–Crippen LogP) is 3.93. The zero-order valence-corrected chi connectivity index (χ0v) is 19.6. The van der Waals surface area contributed by atoms with E-state index >= 15 is 0 Å². The lowest BCUT2D eigenvalue weighted by Crippen LogP contribution is -2.48. The highest BCUT2D eigenvalue weighted by atomic mass is 16.5. The molecule has 1 amide bonds. The molecule has 2 saturated heterocycles. The summed E-state index contributed by atoms with van der Waals surface area (Å²) in [4.78, 5) is 18.2. The Labute approximate surface area is 194 Å². The summed E-state index contributed by atoms with van der Waals surface area (Å²) < 4.78 is 16.9. The van der Waals surface area contributed by atoms with Gasteiger partial charge in [-0.3, -0.25) is 4.79 Å². The SMILES string of the molecule is COc1ccc(-c2[nH]c3ccc(OCC(=O)N4C[C@H]5C[C@@H]4CN5)cc3c2C(C)C)cc1OC. The Balaban J connectivity index is 1.42. The topological polar surface area (TPSA) is 75.8 Å². The molecule has 1 aromatic heterocycles. The molecule has 7 heteroatoms. The van der Waals surface area contributed by atoms with E-state index in [0.717, 1.165) is 41.7 Å². The van der Waals surface area contributed by atoms with Crippen LogP contribution in [0.5, 0.6) is 17.2 Å². The molecular formula is C26H31N3O4. The number of likely N-dealkylation sites (tertiary alicyclic amines) is 1. The first-order valence-electron chi connectivity index (χ1n) is 11.5. The molecule has 3 heterocycles. The summed E-state index contributed by atoms with van der Waals surface area (Å²) in [6.45, 7) is 6.11. The quantitative estimate of drug-likeness (QED) is 0.572. The number of hydrogen-bond acceptors (Lipinski definition) is 5. The first-order chi connectivity index (χ1) is 16.0. The van der Waals surface area contributed by atoms with Crippen LogP contribution in [-0.2, 0) is 4.79 Å². The molecule has 2 aliphatic rings. The number of ether oxygens (including phenoxy) is 3. The molecular weight excluding hydrogens is 418 g/mol. The second-order valence-corrected chi connectivity index (χ2v) is 9.18. The summed E-state index contributed by atoms with van der Waals surface area (Å²) in [5.41, 5.74) is 4.32. The molecule has 7 nitrogen and oxygen atoms in total. The number of aromatic amines is 1. The van der Waals surface area contributed by atoms with Crippen LogP contribution >= 0.6 is 0 Å². The number of methoxy groups -OCH3 is 2. The van der Waals surface area contributed by atoms with E-state index in [1.165, 1.54) is 5.56 Å². The van der Waals surface area contributed by atoms with Gasteiger partial charge in [-0.1, -0.05) is 13.8 Å². The molecule has 2 aromatic carbocycles. The number of benzene rings is 2. The van der Waals surface area contributed by atoms with Crippen molar-refractivity contribution in [2.24, 2.45) is 0 Å². The highest BCUT2D eigenvalue weighted by Gasteiger charge is 2.40. The molecule has 2 N–H and O–H groups in total. The third kappa shape index (κ3) is 3.91. The van der Waals surface area contributed by atoms with Gasteiger partial charge >= 0.3 is 0 Å². The second kappa shape index (κ2) is 8.63. The van der Waals surface area contributed by atoms with Crippen molar-refractivity contribution in [3.8, 4) is 28.5 Å². The fraction of sp³-hybridized carbons (Fsp3) is 0.423. The lowest BCUT2D eigenvalue weighted by Gasteiger charge is -2.27. The number of fused-ring (bicyclic) bond motifs is 3. The van der Waals surface area contributed by atoms with Crippen LogP contribution in [0.4, 0.5) is 0 Å². The van der Waals surface area contributed by atoms with Gasteiger partial charge in [0.05, 0.1) is 19.9 Å². The van der Waals surface area contributed by atoms with Gasteiger partial charge < -0.3 is 29.4 Å². The van der Waals surface area contributed by atoms with Gasteiger partial charge in [-0.25, -0.2) is 0 Å². The molecule has 2 bridgehead atoms. The van der Waals surface area contributed by atoms with Crippen LogP contribution in [-0.4, -0.2) is 61.8 Å². The normalized spacial score (nSPS) is 19.5. The zero-order chi connectivity index (χ0) is 23.1. The minimum atomic E-state index is 0.0632. The van der Waals surface area contributed by atoms with E-state index in [1.54, 1.807) is 14.2 Å². The molecule has 174 valence electrons. The highest BCUT2D eigenvalue weighted by Crippen LogP contribution is 2.40. The highest BCUT2D eigenvalue weighted by molar-refractivity contribution is 5.92. The third-order valence-electron chi connectivity index (χ3n) is 6.80. The van der Waals surface area contributed by atoms with Crippen molar-refractivity contribution in [2.75, 3.05) is 33.9 Å². The van der Waals surface area contributed by atoms with Crippen molar-refractivity contribution in [1.82, 2.24) is 15.2 Å². The van der Waals surface area contributed by atoms with E-state index in [9.17, 15) is 4.79 Å². The number of carbonyl (C=O) groups excluding carboxylic acids is 1. The summed E-state index contributed by atoms with van der Waals surface area (Å²) in [5.74, 6) is 2.44. The number of nitrogens with zero attached hydrogens (tertiary/aromatic N) is 1. The monoisotopic (exact) mass is 449 g/mol. The van der Waals surface area contributed by atoms with Crippen LogP contribution in [0.1, 0.15) is 31.7 Å². The van der Waals surface area contributed by atoms with Crippen molar-refractivity contribution in [3.05, 3.63) is 42.0 Å². The van der Waals surface area contributed by atoms with Crippen LogP contribution < -0.4 is 19.5 Å². The lowest BCUT2D eigenvalue weighted by molar-refractivity contribution is -0.134. The van der Waals surface area contributed by atoms with Crippen molar-refractivity contribution in [2.45, 2.75) is 38.3 Å². The smallest absolute Gasteiger partial charge is 0.260 e. The number of carbonyl (C=O) groups is 1. The molecule has 0 unspecified atom stereocenters. The summed E-state index contributed by atoms with van der Waals surface area (Å²) >= 11 is 0. The standard InChI is InChI=1S/C26H31N3O4/c1-15(2)25-20-11-19(33-14-24(30)29-13-17-10-18(29)12-27-17)6-7-21(20)28-26(25)16-5-8-22(31-3)23(9-16)32-4/h5-9,11,15,17-18,27-28H,10,12-14H2,1-4H3/t17-,18-/m1/s1. The van der Waals surface area contributed by atoms with Gasteiger partial charge in [0.1, 0.15) is 5.75 Å². The van der Waals surface area contributed by atoms with Crippen LogP contribution in [0.3, 0.4) is 0 Å². The molecule has 2 aliphatic heterocycles. The largest absolute Gasteiger partial charge is 0.493 e. The van der Waals surface area contributed by atoms with E-state index in [1.807, 2.05) is 41.3 Å². The summed E-state index contributed by atoms with van der Waals surface area (Å²) in [6, 6.07) is 12.7. The Bertz CT molecular complexity index is 1190. The second-order valence-electron chi connectivity index (χ2n) is 9.18. The van der Waals surface area contributed by atoms with Gasteiger partial charge in [0.2, 0.25) is 0 Å². The van der Waals surface area contributed by atoms with Crippen molar-refractivity contribution < 1.29 is 19.0 Å². The van der Waals surface area contributed by atoms with Gasteiger partial charge in [0, 0.05) is 41.6 Å². The molecule has 0 spiro atoms. The molecule has 2 fully saturated rings. The first-order valence-corrected chi connectivity index (χ1v) is 11.5. The summed E-state index contributed by atoms with van der Waals surface area (Å²) in [7, 11) is 3.28. The Morgan fingerprint density at radius 2 is 1.94 bits per heavy atom. The fourth-order valence-corrected chi connectivity index (χ4v) is 5.19. The minimum absolute atomic E-state index is 0.0632. The first kappa shape index (κ1) is 21.6. The lowest BCUT2D eigenvalue weighted by atomic mass is 9.96. The number of nitrogens with one attached hydrogen (secondary N) is 2. The number of hydrogen-bond donors (Lipinski definition) is 2. The van der Waals surface area contributed by atoms with E-state index in [4.69, 9.17) is 14.2 Å². The Morgan fingerprint density at radius 1 is 1.12 bits per heavy atom. The molecule has 0 saturated carbocycles. The van der Waals surface area contributed by atoms with Crippen LogP contribution in [0, 0.1) is 0 Å². The van der Waals surface area contributed by atoms with Crippen LogP contribution in [0.15, 0.2) is 36.4 Å². The van der Waals surface area contributed by atoms with Crippen molar-refractivity contribution in [1.29, 1.82) is 0 Å². The number of piperazine rings is 1. The third-order valence-corrected chi connectivity index (χ3v) is 6.80. The minimum Gasteiger partial charge on any atom is -0.493 e. The summed E-state index contributed by atoms with van der Waals surface area (Å²) in [6.07, 6.45) is 1.05. The molecule has 0 aliphatic carbocycles. The maximum absolute atomic E-state index is 12.7. The Hall–Kier alpha value is -3.19. The van der Waals surface area contributed by atoms with Gasteiger partial charge in [0.25, 0.3) is 5.91 Å².